The zero-order valence-electron chi connectivity index (χ0n) is 11.3. The van der Waals surface area contributed by atoms with Crippen molar-refractivity contribution in [3.05, 3.63) is 29.8 Å². The van der Waals surface area contributed by atoms with E-state index in [0.717, 1.165) is 19.6 Å². The van der Waals surface area contributed by atoms with Crippen molar-refractivity contribution in [3.63, 3.8) is 0 Å². The Bertz CT molecular complexity index is 470. The molecule has 1 unspecified atom stereocenters. The number of piperazine rings is 1. The van der Waals surface area contributed by atoms with Crippen molar-refractivity contribution in [3.8, 4) is 0 Å². The van der Waals surface area contributed by atoms with E-state index in [9.17, 15) is 9.59 Å². The van der Waals surface area contributed by atoms with E-state index in [-0.39, 0.29) is 11.8 Å². The molecule has 0 bridgehead atoms. The summed E-state index contributed by atoms with van der Waals surface area (Å²) in [5.74, 6) is -0.0715. The number of rotatable bonds is 2. The molecule has 0 spiro atoms. The van der Waals surface area contributed by atoms with Crippen LogP contribution in [-0.4, -0.2) is 42.4 Å². The molecule has 2 rings (SSSR count). The highest BCUT2D eigenvalue weighted by molar-refractivity contribution is 5.95. The van der Waals surface area contributed by atoms with Crippen LogP contribution in [0.15, 0.2) is 24.3 Å². The van der Waals surface area contributed by atoms with Gasteiger partial charge in [0.2, 0.25) is 5.91 Å². The second-order valence-corrected chi connectivity index (χ2v) is 4.86. The molecule has 1 heterocycles. The third-order valence-electron chi connectivity index (χ3n) is 3.11. The quantitative estimate of drug-likeness (QED) is 0.837. The first-order valence-corrected chi connectivity index (χ1v) is 6.46. The molecule has 0 saturated carbocycles. The largest absolute Gasteiger partial charge is 0.336 e. The minimum absolute atomic E-state index is 0.0442. The van der Waals surface area contributed by atoms with Gasteiger partial charge in [0.1, 0.15) is 0 Å². The van der Waals surface area contributed by atoms with Gasteiger partial charge in [0.05, 0.1) is 0 Å². The average Bonchev–Trinajstić information content (AvgIpc) is 2.38. The van der Waals surface area contributed by atoms with Crippen molar-refractivity contribution in [1.82, 2.24) is 10.2 Å². The van der Waals surface area contributed by atoms with Crippen molar-refractivity contribution in [2.45, 2.75) is 19.9 Å². The van der Waals surface area contributed by atoms with E-state index in [1.807, 2.05) is 4.90 Å². The molecular formula is C14H19N3O2. The average molecular weight is 261 g/mol. The molecule has 0 aliphatic carbocycles. The normalized spacial score (nSPS) is 19.1. The molecule has 0 radical (unpaired) electrons. The van der Waals surface area contributed by atoms with Crippen LogP contribution in [0.1, 0.15) is 24.2 Å². The fraction of sp³-hybridized carbons (Fsp3) is 0.429. The molecular weight excluding hydrogens is 242 g/mol. The number of nitrogens with zero attached hydrogens (tertiary/aromatic N) is 1. The summed E-state index contributed by atoms with van der Waals surface area (Å²) >= 11 is 0. The van der Waals surface area contributed by atoms with Crippen LogP contribution in [0.2, 0.25) is 0 Å². The lowest BCUT2D eigenvalue weighted by atomic mass is 10.1. The number of hydrogen-bond donors (Lipinski definition) is 2. The van der Waals surface area contributed by atoms with Crippen LogP contribution in [0.5, 0.6) is 0 Å². The van der Waals surface area contributed by atoms with Gasteiger partial charge in [-0.15, -0.1) is 0 Å². The summed E-state index contributed by atoms with van der Waals surface area (Å²) in [4.78, 5) is 25.1. The maximum Gasteiger partial charge on any atom is 0.253 e. The van der Waals surface area contributed by atoms with E-state index in [0.29, 0.717) is 17.3 Å². The third kappa shape index (κ3) is 3.54. The summed E-state index contributed by atoms with van der Waals surface area (Å²) in [7, 11) is 0. The van der Waals surface area contributed by atoms with Gasteiger partial charge in [-0.05, 0) is 31.2 Å². The molecule has 2 N–H and O–H groups in total. The predicted octanol–water partition coefficient (Wildman–Crippen LogP) is 1.08. The molecule has 5 heteroatoms. The molecule has 1 aromatic rings. The second-order valence-electron chi connectivity index (χ2n) is 4.86. The van der Waals surface area contributed by atoms with Gasteiger partial charge in [-0.1, -0.05) is 0 Å². The summed E-state index contributed by atoms with van der Waals surface area (Å²) in [5.41, 5.74) is 1.36. The van der Waals surface area contributed by atoms with Crippen LogP contribution in [0.4, 0.5) is 5.69 Å². The van der Waals surface area contributed by atoms with Crippen LogP contribution < -0.4 is 10.6 Å². The molecule has 1 aliphatic heterocycles. The number of anilines is 1. The van der Waals surface area contributed by atoms with Crippen LogP contribution in [0.25, 0.3) is 0 Å². The first kappa shape index (κ1) is 13.5. The Labute approximate surface area is 113 Å². The number of amides is 2. The van der Waals surface area contributed by atoms with Crippen molar-refractivity contribution in [2.75, 3.05) is 25.0 Å². The summed E-state index contributed by atoms with van der Waals surface area (Å²) in [6, 6.07) is 7.33. The number of carbonyl (C=O) groups excluding carboxylic acids is 2. The third-order valence-corrected chi connectivity index (χ3v) is 3.11. The van der Waals surface area contributed by atoms with Gasteiger partial charge in [-0.2, -0.15) is 0 Å². The molecule has 1 fully saturated rings. The number of benzene rings is 1. The fourth-order valence-electron chi connectivity index (χ4n) is 2.20. The highest BCUT2D eigenvalue weighted by Crippen LogP contribution is 2.12. The predicted molar refractivity (Wildman–Crippen MR) is 74.1 cm³/mol. The Hall–Kier alpha value is -1.88. The zero-order chi connectivity index (χ0) is 13.8. The second kappa shape index (κ2) is 5.84. The van der Waals surface area contributed by atoms with Crippen LogP contribution in [0.3, 0.4) is 0 Å². The number of nitrogens with one attached hydrogen (secondary N) is 2. The van der Waals surface area contributed by atoms with Gasteiger partial charge in [0.25, 0.3) is 5.91 Å². The van der Waals surface area contributed by atoms with E-state index < -0.39 is 0 Å². The molecule has 1 aliphatic rings. The van der Waals surface area contributed by atoms with Crippen molar-refractivity contribution in [1.29, 1.82) is 0 Å². The minimum Gasteiger partial charge on any atom is -0.336 e. The first-order valence-electron chi connectivity index (χ1n) is 6.46. The molecule has 5 nitrogen and oxygen atoms in total. The topological polar surface area (TPSA) is 61.4 Å². The van der Waals surface area contributed by atoms with Gasteiger partial charge in [-0.25, -0.2) is 0 Å². The summed E-state index contributed by atoms with van der Waals surface area (Å²) in [6.45, 7) is 5.82. The van der Waals surface area contributed by atoms with E-state index in [4.69, 9.17) is 0 Å². The molecule has 1 atom stereocenters. The maximum atomic E-state index is 12.3. The Balaban J connectivity index is 2.04. The van der Waals surface area contributed by atoms with Crippen LogP contribution in [-0.2, 0) is 4.79 Å². The van der Waals surface area contributed by atoms with Crippen molar-refractivity contribution >= 4 is 17.5 Å². The SMILES string of the molecule is CC(=O)Nc1ccc(C(=O)N2CCNC(C)C2)cc1. The molecule has 0 aromatic heterocycles. The number of carbonyl (C=O) groups is 2. The zero-order valence-corrected chi connectivity index (χ0v) is 11.3. The maximum absolute atomic E-state index is 12.3. The highest BCUT2D eigenvalue weighted by Gasteiger charge is 2.21. The Morgan fingerprint density at radius 2 is 2.00 bits per heavy atom. The lowest BCUT2D eigenvalue weighted by Gasteiger charge is -2.32. The molecule has 102 valence electrons. The van der Waals surface area contributed by atoms with E-state index in [1.54, 1.807) is 24.3 Å². The summed E-state index contributed by atoms with van der Waals surface area (Å²) < 4.78 is 0. The van der Waals surface area contributed by atoms with E-state index >= 15 is 0 Å². The Morgan fingerprint density at radius 3 is 2.58 bits per heavy atom. The smallest absolute Gasteiger partial charge is 0.253 e. The Morgan fingerprint density at radius 1 is 1.32 bits per heavy atom. The van der Waals surface area contributed by atoms with Gasteiger partial charge < -0.3 is 15.5 Å². The van der Waals surface area contributed by atoms with Crippen LogP contribution >= 0.6 is 0 Å². The lowest BCUT2D eigenvalue weighted by molar-refractivity contribution is -0.114. The van der Waals surface area contributed by atoms with Gasteiger partial charge in [0.15, 0.2) is 0 Å². The summed E-state index contributed by atoms with van der Waals surface area (Å²) in [5, 5.41) is 5.99. The Kier molecular flexibility index (Phi) is 4.16. The van der Waals surface area contributed by atoms with E-state index in [2.05, 4.69) is 17.6 Å². The molecule has 1 aromatic carbocycles. The summed E-state index contributed by atoms with van der Waals surface area (Å²) in [6.07, 6.45) is 0. The number of hydrogen-bond acceptors (Lipinski definition) is 3. The molecule has 1 saturated heterocycles. The van der Waals surface area contributed by atoms with Gasteiger partial charge in [0, 0.05) is 43.9 Å². The fourth-order valence-corrected chi connectivity index (χ4v) is 2.20. The molecule has 2 amide bonds. The standard InChI is InChI=1S/C14H19N3O2/c1-10-9-17(8-7-15-10)14(19)12-3-5-13(6-4-12)16-11(2)18/h3-6,10,15H,7-9H2,1-2H3,(H,16,18). The molecule has 19 heavy (non-hydrogen) atoms. The minimum atomic E-state index is -0.116. The van der Waals surface area contributed by atoms with Gasteiger partial charge in [-0.3, -0.25) is 9.59 Å². The lowest BCUT2D eigenvalue weighted by Crippen LogP contribution is -2.51. The van der Waals surface area contributed by atoms with Crippen molar-refractivity contribution in [2.24, 2.45) is 0 Å². The first-order chi connectivity index (χ1) is 9.06. The highest BCUT2D eigenvalue weighted by atomic mass is 16.2. The van der Waals surface area contributed by atoms with Gasteiger partial charge >= 0.3 is 0 Å². The van der Waals surface area contributed by atoms with Crippen LogP contribution in [0, 0.1) is 0 Å². The van der Waals surface area contributed by atoms with Crippen molar-refractivity contribution < 1.29 is 9.59 Å². The monoisotopic (exact) mass is 261 g/mol. The van der Waals surface area contributed by atoms with E-state index in [1.165, 1.54) is 6.92 Å².